The first-order valence-electron chi connectivity index (χ1n) is 10.4. The van der Waals surface area contributed by atoms with Crippen LogP contribution in [0.2, 0.25) is 0 Å². The highest BCUT2D eigenvalue weighted by Gasteiger charge is 2.23. The highest BCUT2D eigenvalue weighted by atomic mass is 32.2. The first-order valence-corrected chi connectivity index (χ1v) is 11.9. The Morgan fingerprint density at radius 1 is 0.941 bits per heavy atom. The SMILES string of the molecule is CC1=NC(c2ccccc2)=NC1=Nc1c(C)nn2c(-c3cc(C)cc(S(=O)(=O)O)c3)nn(C)c12. The molecule has 11 heteroatoms. The van der Waals surface area contributed by atoms with E-state index in [1.54, 1.807) is 29.2 Å². The third kappa shape index (κ3) is 3.74. The van der Waals surface area contributed by atoms with Gasteiger partial charge in [0.25, 0.3) is 10.1 Å². The quantitative estimate of drug-likeness (QED) is 0.452. The number of aromatic nitrogens is 4. The van der Waals surface area contributed by atoms with Crippen molar-refractivity contribution >= 4 is 38.8 Å². The van der Waals surface area contributed by atoms with Crippen LogP contribution in [-0.2, 0) is 17.2 Å². The van der Waals surface area contributed by atoms with E-state index in [2.05, 4.69) is 20.2 Å². The first kappa shape index (κ1) is 21.9. The summed E-state index contributed by atoms with van der Waals surface area (Å²) in [5.41, 5.74) is 4.62. The zero-order chi connectivity index (χ0) is 24.2. The maximum atomic E-state index is 11.7. The molecule has 0 fully saturated rings. The van der Waals surface area contributed by atoms with Crippen LogP contribution in [-0.4, -0.2) is 49.7 Å². The minimum atomic E-state index is -4.37. The van der Waals surface area contributed by atoms with Crippen LogP contribution in [0.3, 0.4) is 0 Å². The second-order valence-electron chi connectivity index (χ2n) is 8.06. The normalized spacial score (nSPS) is 15.3. The van der Waals surface area contributed by atoms with Crippen molar-refractivity contribution in [3.8, 4) is 11.4 Å². The third-order valence-corrected chi connectivity index (χ3v) is 6.25. The minimum Gasteiger partial charge on any atom is -0.282 e. The van der Waals surface area contributed by atoms with E-state index in [-0.39, 0.29) is 4.90 Å². The van der Waals surface area contributed by atoms with Gasteiger partial charge >= 0.3 is 0 Å². The number of aliphatic imine (C=N–C) groups is 3. The molecule has 34 heavy (non-hydrogen) atoms. The van der Waals surface area contributed by atoms with Crippen LogP contribution in [0.25, 0.3) is 17.0 Å². The second-order valence-corrected chi connectivity index (χ2v) is 9.48. The van der Waals surface area contributed by atoms with Gasteiger partial charge in [0.2, 0.25) is 0 Å². The lowest BCUT2D eigenvalue weighted by molar-refractivity contribution is 0.483. The summed E-state index contributed by atoms with van der Waals surface area (Å²) in [7, 11) is -2.61. The van der Waals surface area contributed by atoms with Crippen LogP contribution in [0.15, 0.2) is 68.4 Å². The summed E-state index contributed by atoms with van der Waals surface area (Å²) in [6, 6.07) is 14.2. The van der Waals surface area contributed by atoms with Gasteiger partial charge in [0.05, 0.1) is 16.3 Å². The molecule has 0 saturated heterocycles. The van der Waals surface area contributed by atoms with Crippen LogP contribution in [0.1, 0.15) is 23.7 Å². The molecule has 5 rings (SSSR count). The summed E-state index contributed by atoms with van der Waals surface area (Å²) < 4.78 is 36.2. The number of fused-ring (bicyclic) bond motifs is 1. The van der Waals surface area contributed by atoms with Gasteiger partial charge in [-0.05, 0) is 44.5 Å². The molecule has 0 aliphatic carbocycles. The van der Waals surface area contributed by atoms with Crippen LogP contribution in [0, 0.1) is 13.8 Å². The number of nitrogens with zero attached hydrogens (tertiary/aromatic N) is 7. The molecule has 1 aliphatic heterocycles. The van der Waals surface area contributed by atoms with Crippen molar-refractivity contribution in [3.05, 3.63) is 65.4 Å². The number of aryl methyl sites for hydroxylation is 3. The predicted octanol–water partition coefficient (Wildman–Crippen LogP) is 3.55. The lowest BCUT2D eigenvalue weighted by Crippen LogP contribution is -2.02. The number of hydrogen-bond donors (Lipinski definition) is 1. The molecule has 2 aromatic carbocycles. The molecule has 0 amide bonds. The zero-order valence-corrected chi connectivity index (χ0v) is 19.7. The fraction of sp³-hybridized carbons (Fsp3) is 0.174. The van der Waals surface area contributed by atoms with Gasteiger partial charge in [0.1, 0.15) is 5.69 Å². The van der Waals surface area contributed by atoms with Gasteiger partial charge in [0, 0.05) is 18.2 Å². The molecule has 0 saturated carbocycles. The molecule has 0 bridgehead atoms. The standard InChI is InChI=1S/C23H21N7O3S/c1-13-10-17(12-18(11-13)34(31,32)33)22-28-29(4)23-19(14(2)27-30(22)23)25-20-15(3)24-21(26-20)16-8-6-5-7-9-16/h5-12H,1-4H3,(H,31,32,33). The maximum absolute atomic E-state index is 11.7. The number of hydrogen-bond acceptors (Lipinski definition) is 6. The van der Waals surface area contributed by atoms with Crippen LogP contribution < -0.4 is 0 Å². The average molecular weight is 476 g/mol. The first-order chi connectivity index (χ1) is 16.1. The zero-order valence-electron chi connectivity index (χ0n) is 18.9. The molecule has 1 aliphatic rings. The highest BCUT2D eigenvalue weighted by molar-refractivity contribution is 7.85. The van der Waals surface area contributed by atoms with Crippen molar-refractivity contribution in [2.75, 3.05) is 0 Å². The Morgan fingerprint density at radius 3 is 2.38 bits per heavy atom. The van der Waals surface area contributed by atoms with Crippen molar-refractivity contribution in [1.29, 1.82) is 0 Å². The Balaban J connectivity index is 1.64. The minimum absolute atomic E-state index is 0.203. The Morgan fingerprint density at radius 2 is 1.68 bits per heavy atom. The fourth-order valence-corrected chi connectivity index (χ4v) is 4.47. The summed E-state index contributed by atoms with van der Waals surface area (Å²) in [5.74, 6) is 1.51. The summed E-state index contributed by atoms with van der Waals surface area (Å²) in [5, 5.41) is 9.15. The van der Waals surface area contributed by atoms with E-state index in [0.29, 0.717) is 51.4 Å². The van der Waals surface area contributed by atoms with Crippen molar-refractivity contribution < 1.29 is 13.0 Å². The Kier molecular flexibility index (Phi) is 5.03. The fourth-order valence-electron chi connectivity index (χ4n) is 3.86. The third-order valence-electron chi connectivity index (χ3n) is 5.42. The van der Waals surface area contributed by atoms with Gasteiger partial charge in [-0.15, -0.1) is 0 Å². The van der Waals surface area contributed by atoms with E-state index >= 15 is 0 Å². The van der Waals surface area contributed by atoms with Crippen LogP contribution in [0.5, 0.6) is 0 Å². The monoisotopic (exact) mass is 475 g/mol. The van der Waals surface area contributed by atoms with E-state index < -0.39 is 10.1 Å². The van der Waals surface area contributed by atoms with Gasteiger partial charge in [-0.3, -0.25) is 4.55 Å². The second kappa shape index (κ2) is 7.82. The lowest BCUT2D eigenvalue weighted by Gasteiger charge is -2.03. The van der Waals surface area contributed by atoms with E-state index in [9.17, 15) is 13.0 Å². The summed E-state index contributed by atoms with van der Waals surface area (Å²) in [6.07, 6.45) is 0. The van der Waals surface area contributed by atoms with E-state index in [1.807, 2.05) is 44.2 Å². The van der Waals surface area contributed by atoms with Gasteiger partial charge in [-0.1, -0.05) is 30.3 Å². The topological polar surface area (TPSA) is 127 Å². The van der Waals surface area contributed by atoms with E-state index in [4.69, 9.17) is 4.99 Å². The molecule has 172 valence electrons. The smallest absolute Gasteiger partial charge is 0.282 e. The summed E-state index contributed by atoms with van der Waals surface area (Å²) in [6.45, 7) is 5.43. The van der Waals surface area contributed by atoms with Gasteiger partial charge < -0.3 is 0 Å². The summed E-state index contributed by atoms with van der Waals surface area (Å²) >= 11 is 0. The molecule has 4 aromatic rings. The van der Waals surface area contributed by atoms with Gasteiger partial charge in [0.15, 0.2) is 23.1 Å². The molecule has 0 unspecified atom stereocenters. The van der Waals surface area contributed by atoms with Gasteiger partial charge in [-0.2, -0.15) is 23.1 Å². The Hall–Kier alpha value is -3.96. The van der Waals surface area contributed by atoms with Crippen molar-refractivity contribution in [2.45, 2.75) is 25.7 Å². The van der Waals surface area contributed by atoms with E-state index in [0.717, 1.165) is 5.56 Å². The predicted molar refractivity (Wildman–Crippen MR) is 130 cm³/mol. The number of benzene rings is 2. The maximum Gasteiger partial charge on any atom is 0.294 e. The van der Waals surface area contributed by atoms with Crippen LogP contribution in [0.4, 0.5) is 5.69 Å². The summed E-state index contributed by atoms with van der Waals surface area (Å²) in [4.78, 5) is 13.7. The molecular formula is C23H21N7O3S. The molecule has 10 nitrogen and oxygen atoms in total. The average Bonchev–Trinajstić information content (AvgIpc) is 3.41. The lowest BCUT2D eigenvalue weighted by atomic mass is 10.1. The molecule has 0 atom stereocenters. The molecule has 0 radical (unpaired) electrons. The van der Waals surface area contributed by atoms with Crippen molar-refractivity contribution in [3.63, 3.8) is 0 Å². The largest absolute Gasteiger partial charge is 0.294 e. The Labute approximate surface area is 195 Å². The molecule has 2 aromatic heterocycles. The molecule has 1 N–H and O–H groups in total. The molecule has 3 heterocycles. The van der Waals surface area contributed by atoms with Crippen molar-refractivity contribution in [1.82, 2.24) is 19.4 Å². The number of amidine groups is 2. The highest BCUT2D eigenvalue weighted by Crippen LogP contribution is 2.31. The van der Waals surface area contributed by atoms with Crippen LogP contribution >= 0.6 is 0 Å². The van der Waals surface area contributed by atoms with Crippen molar-refractivity contribution in [2.24, 2.45) is 22.0 Å². The Bertz CT molecular complexity index is 1660. The molecular weight excluding hydrogens is 454 g/mol. The van der Waals surface area contributed by atoms with E-state index in [1.165, 1.54) is 12.1 Å². The van der Waals surface area contributed by atoms with Gasteiger partial charge in [-0.25, -0.2) is 19.7 Å². The molecule has 0 spiro atoms. The number of rotatable bonds is 4.